The van der Waals surface area contributed by atoms with Crippen molar-refractivity contribution in [2.45, 2.75) is 56.4 Å². The van der Waals surface area contributed by atoms with Gasteiger partial charge in [0.2, 0.25) is 15.9 Å². The Morgan fingerprint density at radius 2 is 1.67 bits per heavy atom. The number of hydrogen-bond donors (Lipinski definition) is 1. The minimum atomic E-state index is -3.58. The fourth-order valence-corrected chi connectivity index (χ4v) is 6.25. The van der Waals surface area contributed by atoms with Crippen LogP contribution in [0, 0.1) is 5.92 Å². The number of benzene rings is 2. The molecule has 0 saturated carbocycles. The number of anilines is 1. The van der Waals surface area contributed by atoms with Crippen LogP contribution >= 0.6 is 0 Å². The number of nitrogens with one attached hydrogen (secondary N) is 1. The molecule has 2 aliphatic rings. The van der Waals surface area contributed by atoms with Crippen LogP contribution in [-0.4, -0.2) is 50.9 Å². The third kappa shape index (κ3) is 6.15. The van der Waals surface area contributed by atoms with E-state index >= 15 is 0 Å². The van der Waals surface area contributed by atoms with Gasteiger partial charge in [0.25, 0.3) is 0 Å². The second kappa shape index (κ2) is 10.7. The summed E-state index contributed by atoms with van der Waals surface area (Å²) in [5, 5.41) is 3.05. The molecule has 1 unspecified atom stereocenters. The average Bonchev–Trinajstić information content (AvgIpc) is 2.84. The van der Waals surface area contributed by atoms with Gasteiger partial charge in [0.1, 0.15) is 0 Å². The van der Waals surface area contributed by atoms with Crippen LogP contribution in [0.4, 0.5) is 5.69 Å². The monoisotopic (exact) mass is 469 g/mol. The maximum Gasteiger partial charge on any atom is 0.243 e. The molecule has 1 N–H and O–H groups in total. The van der Waals surface area contributed by atoms with Crippen molar-refractivity contribution in [1.82, 2.24) is 9.62 Å². The highest BCUT2D eigenvalue weighted by molar-refractivity contribution is 7.89. The summed E-state index contributed by atoms with van der Waals surface area (Å²) >= 11 is 0. The summed E-state index contributed by atoms with van der Waals surface area (Å²) in [7, 11) is -3.58. The molecule has 2 saturated heterocycles. The molecular formula is C26H35N3O3S. The average molecular weight is 470 g/mol. The number of piperidine rings is 2. The molecule has 1 atom stereocenters. The maximum atomic E-state index is 13.3. The van der Waals surface area contributed by atoms with Crippen molar-refractivity contribution in [3.63, 3.8) is 0 Å². The normalized spacial score (nSPS) is 20.5. The Kier molecular flexibility index (Phi) is 7.71. The second-order valence-electron chi connectivity index (χ2n) is 9.42. The minimum absolute atomic E-state index is 0.0247. The highest BCUT2D eigenvalue weighted by Gasteiger charge is 2.31. The molecule has 7 heteroatoms. The number of amides is 1. The Labute approximate surface area is 198 Å². The Bertz CT molecular complexity index is 1020. The van der Waals surface area contributed by atoms with E-state index in [-0.39, 0.29) is 11.9 Å². The lowest BCUT2D eigenvalue weighted by Crippen LogP contribution is -2.49. The SMILES string of the molecule is CC1CCN(c2ccc(S(=O)(=O)N3CCCC(NC(=O)CCc4ccccc4)C3)cc2)CC1. The summed E-state index contributed by atoms with van der Waals surface area (Å²) in [6.07, 6.45) is 4.98. The standard InChI is InChI=1S/C26H35N3O3S/c1-21-15-18-28(19-16-21)24-10-12-25(13-11-24)33(31,32)29-17-5-8-23(20-29)27-26(30)14-9-22-6-3-2-4-7-22/h2-4,6-7,10-13,21,23H,5,8-9,14-20H2,1H3,(H,27,30). The molecule has 0 bridgehead atoms. The second-order valence-corrected chi connectivity index (χ2v) is 11.4. The Morgan fingerprint density at radius 1 is 0.970 bits per heavy atom. The smallest absolute Gasteiger partial charge is 0.243 e. The highest BCUT2D eigenvalue weighted by atomic mass is 32.2. The van der Waals surface area contributed by atoms with Crippen molar-refractivity contribution >= 4 is 21.6 Å². The van der Waals surface area contributed by atoms with Gasteiger partial charge in [-0.1, -0.05) is 37.3 Å². The van der Waals surface area contributed by atoms with E-state index in [0.717, 1.165) is 43.1 Å². The zero-order valence-corrected chi connectivity index (χ0v) is 20.3. The lowest BCUT2D eigenvalue weighted by Gasteiger charge is -2.33. The molecule has 2 heterocycles. The third-order valence-electron chi connectivity index (χ3n) is 6.86. The molecule has 0 radical (unpaired) electrons. The Balaban J connectivity index is 1.33. The zero-order chi connectivity index (χ0) is 23.3. The number of rotatable bonds is 7. The first kappa shape index (κ1) is 23.8. The number of sulfonamides is 1. The number of carbonyl (C=O) groups excluding carboxylic acids is 1. The van der Waals surface area contributed by atoms with Crippen LogP contribution in [0.1, 0.15) is 44.6 Å². The van der Waals surface area contributed by atoms with E-state index in [1.54, 1.807) is 12.1 Å². The molecule has 2 aliphatic heterocycles. The van der Waals surface area contributed by atoms with E-state index in [1.807, 2.05) is 42.5 Å². The molecular weight excluding hydrogens is 434 g/mol. The van der Waals surface area contributed by atoms with E-state index in [9.17, 15) is 13.2 Å². The Morgan fingerprint density at radius 3 is 2.36 bits per heavy atom. The van der Waals surface area contributed by atoms with E-state index in [1.165, 1.54) is 17.1 Å². The largest absolute Gasteiger partial charge is 0.372 e. The lowest BCUT2D eigenvalue weighted by atomic mass is 9.99. The van der Waals surface area contributed by atoms with Gasteiger partial charge in [0, 0.05) is 44.3 Å². The van der Waals surface area contributed by atoms with Crippen LogP contribution in [0.3, 0.4) is 0 Å². The fourth-order valence-electron chi connectivity index (χ4n) is 4.73. The maximum absolute atomic E-state index is 13.3. The van der Waals surface area contributed by atoms with Crippen LogP contribution in [0.25, 0.3) is 0 Å². The van der Waals surface area contributed by atoms with Crippen LogP contribution < -0.4 is 10.2 Å². The molecule has 0 aromatic heterocycles. The van der Waals surface area contributed by atoms with Crippen molar-refractivity contribution in [1.29, 1.82) is 0 Å². The summed E-state index contributed by atoms with van der Waals surface area (Å²) in [6.45, 7) is 5.14. The molecule has 1 amide bonds. The molecule has 4 rings (SSSR count). The van der Waals surface area contributed by atoms with Gasteiger partial charge in [0.05, 0.1) is 4.90 Å². The summed E-state index contributed by atoms with van der Waals surface area (Å²) < 4.78 is 28.0. The van der Waals surface area contributed by atoms with Crippen molar-refractivity contribution in [2.24, 2.45) is 5.92 Å². The van der Waals surface area contributed by atoms with Gasteiger partial charge in [-0.05, 0) is 67.9 Å². The molecule has 178 valence electrons. The van der Waals surface area contributed by atoms with Gasteiger partial charge >= 0.3 is 0 Å². The summed E-state index contributed by atoms with van der Waals surface area (Å²) in [5.41, 5.74) is 2.21. The van der Waals surface area contributed by atoms with E-state index in [2.05, 4.69) is 17.1 Å². The summed E-state index contributed by atoms with van der Waals surface area (Å²) in [5.74, 6) is 0.732. The third-order valence-corrected chi connectivity index (χ3v) is 8.74. The van der Waals surface area contributed by atoms with Crippen LogP contribution in [0.15, 0.2) is 59.5 Å². The van der Waals surface area contributed by atoms with E-state index < -0.39 is 10.0 Å². The summed E-state index contributed by atoms with van der Waals surface area (Å²) in [6, 6.07) is 17.1. The van der Waals surface area contributed by atoms with Crippen molar-refractivity contribution in [3.8, 4) is 0 Å². The van der Waals surface area contributed by atoms with Crippen molar-refractivity contribution in [2.75, 3.05) is 31.1 Å². The van der Waals surface area contributed by atoms with Gasteiger partial charge in [-0.3, -0.25) is 4.79 Å². The Hall–Kier alpha value is -2.38. The topological polar surface area (TPSA) is 69.7 Å². The molecule has 6 nitrogen and oxygen atoms in total. The molecule has 0 aliphatic carbocycles. The predicted molar refractivity (Wildman–Crippen MR) is 132 cm³/mol. The van der Waals surface area contributed by atoms with Crippen molar-refractivity contribution in [3.05, 3.63) is 60.2 Å². The van der Waals surface area contributed by atoms with Gasteiger partial charge in [-0.25, -0.2) is 8.42 Å². The van der Waals surface area contributed by atoms with Crippen LogP contribution in [-0.2, 0) is 21.2 Å². The highest BCUT2D eigenvalue weighted by Crippen LogP contribution is 2.26. The molecule has 33 heavy (non-hydrogen) atoms. The van der Waals surface area contributed by atoms with Crippen molar-refractivity contribution < 1.29 is 13.2 Å². The van der Waals surface area contributed by atoms with Gasteiger partial charge < -0.3 is 10.2 Å². The fraction of sp³-hybridized carbons (Fsp3) is 0.500. The first-order chi connectivity index (χ1) is 15.9. The lowest BCUT2D eigenvalue weighted by molar-refractivity contribution is -0.122. The van der Waals surface area contributed by atoms with Crippen LogP contribution in [0.5, 0.6) is 0 Å². The van der Waals surface area contributed by atoms with Crippen LogP contribution in [0.2, 0.25) is 0 Å². The molecule has 0 spiro atoms. The van der Waals surface area contributed by atoms with Gasteiger partial charge in [-0.2, -0.15) is 4.31 Å². The molecule has 2 aromatic rings. The molecule has 2 aromatic carbocycles. The summed E-state index contributed by atoms with van der Waals surface area (Å²) in [4.78, 5) is 15.1. The van der Waals surface area contributed by atoms with Gasteiger partial charge in [0.15, 0.2) is 0 Å². The number of hydrogen-bond acceptors (Lipinski definition) is 4. The number of nitrogens with zero attached hydrogens (tertiary/aromatic N) is 2. The predicted octanol–water partition coefficient (Wildman–Crippen LogP) is 3.83. The van der Waals surface area contributed by atoms with E-state index in [4.69, 9.17) is 0 Å². The minimum Gasteiger partial charge on any atom is -0.372 e. The zero-order valence-electron chi connectivity index (χ0n) is 19.4. The molecule has 2 fully saturated rings. The number of carbonyl (C=O) groups is 1. The number of aryl methyl sites for hydroxylation is 1. The first-order valence-electron chi connectivity index (χ1n) is 12.1. The first-order valence-corrected chi connectivity index (χ1v) is 13.5. The van der Waals surface area contributed by atoms with E-state index in [0.29, 0.717) is 30.8 Å². The van der Waals surface area contributed by atoms with Gasteiger partial charge in [-0.15, -0.1) is 0 Å². The quantitative estimate of drug-likeness (QED) is 0.669.